The molecule has 1 saturated carbocycles. The van der Waals surface area contributed by atoms with Gasteiger partial charge < -0.3 is 4.57 Å². The van der Waals surface area contributed by atoms with Crippen LogP contribution in [0.2, 0.25) is 0 Å². The molecule has 1 aromatic carbocycles. The second-order valence-electron chi connectivity index (χ2n) is 5.11. The summed E-state index contributed by atoms with van der Waals surface area (Å²) in [6.07, 6.45) is 3.74. The normalized spacial score (nSPS) is 21.3. The Bertz CT molecular complexity index is 672. The lowest BCUT2D eigenvalue weighted by atomic mass is 10.1. The topological polar surface area (TPSA) is 54.9 Å². The van der Waals surface area contributed by atoms with Crippen molar-refractivity contribution in [3.05, 3.63) is 69.0 Å². The van der Waals surface area contributed by atoms with Gasteiger partial charge in [0.2, 0.25) is 0 Å². The molecule has 0 aliphatic heterocycles. The van der Waals surface area contributed by atoms with Crippen molar-refractivity contribution in [3.63, 3.8) is 0 Å². The van der Waals surface area contributed by atoms with Crippen LogP contribution in [-0.2, 0) is 6.54 Å². The standard InChI is InChI=1S/C15H16N2O2/c18-14-7-9-17(15(19)16-14)8-6-12-10-13(12)11-4-2-1-3-5-11/h1-5,7,9,12-13H,6,8,10H2,(H,16,18,19)/t12-,13-/m0/s1. The van der Waals surface area contributed by atoms with Crippen LogP contribution < -0.4 is 11.2 Å². The van der Waals surface area contributed by atoms with Gasteiger partial charge >= 0.3 is 5.69 Å². The third kappa shape index (κ3) is 2.67. The molecule has 1 N–H and O–H groups in total. The molecule has 0 unspecified atom stereocenters. The molecular weight excluding hydrogens is 240 g/mol. The number of rotatable bonds is 4. The van der Waals surface area contributed by atoms with E-state index >= 15 is 0 Å². The zero-order chi connectivity index (χ0) is 13.2. The van der Waals surface area contributed by atoms with E-state index in [2.05, 4.69) is 29.2 Å². The molecule has 3 rings (SSSR count). The quantitative estimate of drug-likeness (QED) is 0.905. The molecule has 4 nitrogen and oxygen atoms in total. The van der Waals surface area contributed by atoms with E-state index in [0.717, 1.165) is 6.42 Å². The molecule has 0 spiro atoms. The van der Waals surface area contributed by atoms with Crippen LogP contribution in [0.25, 0.3) is 0 Å². The molecule has 98 valence electrons. The Kier molecular flexibility index (Phi) is 3.07. The SMILES string of the molecule is O=c1ccn(CC[C@H]2C[C@H]2c2ccccc2)c(=O)[nH]1. The monoisotopic (exact) mass is 256 g/mol. The molecular formula is C15H16N2O2. The Morgan fingerprint density at radius 2 is 1.95 bits per heavy atom. The Balaban J connectivity index is 1.60. The molecule has 0 bridgehead atoms. The van der Waals surface area contributed by atoms with Crippen LogP contribution in [0.3, 0.4) is 0 Å². The maximum absolute atomic E-state index is 11.5. The molecule has 4 heteroatoms. The van der Waals surface area contributed by atoms with Gasteiger partial charge in [-0.05, 0) is 30.2 Å². The zero-order valence-corrected chi connectivity index (χ0v) is 10.6. The number of hydrogen-bond acceptors (Lipinski definition) is 2. The van der Waals surface area contributed by atoms with Gasteiger partial charge in [0.15, 0.2) is 0 Å². The summed E-state index contributed by atoms with van der Waals surface area (Å²) in [5, 5.41) is 0. The molecule has 2 aromatic rings. The second kappa shape index (κ2) is 4.88. The summed E-state index contributed by atoms with van der Waals surface area (Å²) >= 11 is 0. The van der Waals surface area contributed by atoms with Gasteiger partial charge in [0.25, 0.3) is 5.56 Å². The van der Waals surface area contributed by atoms with E-state index in [1.54, 1.807) is 10.8 Å². The first-order valence-corrected chi connectivity index (χ1v) is 6.59. The Morgan fingerprint density at radius 1 is 1.16 bits per heavy atom. The van der Waals surface area contributed by atoms with E-state index < -0.39 is 0 Å². The average Bonchev–Trinajstić information content (AvgIpc) is 3.18. The third-order valence-corrected chi connectivity index (χ3v) is 3.79. The minimum absolute atomic E-state index is 0.315. The van der Waals surface area contributed by atoms with Crippen LogP contribution in [0.1, 0.15) is 24.3 Å². The van der Waals surface area contributed by atoms with Crippen molar-refractivity contribution in [2.45, 2.75) is 25.3 Å². The smallest absolute Gasteiger partial charge is 0.301 e. The van der Waals surface area contributed by atoms with Crippen LogP contribution >= 0.6 is 0 Å². The number of aromatic nitrogens is 2. The van der Waals surface area contributed by atoms with Crippen LogP contribution in [0, 0.1) is 5.92 Å². The number of aryl methyl sites for hydroxylation is 1. The van der Waals surface area contributed by atoms with Crippen molar-refractivity contribution >= 4 is 0 Å². The largest absolute Gasteiger partial charge is 0.328 e. The number of H-pyrrole nitrogens is 1. The molecule has 0 amide bonds. The highest BCUT2D eigenvalue weighted by Crippen LogP contribution is 2.49. The molecule has 19 heavy (non-hydrogen) atoms. The molecule has 1 aliphatic rings. The number of nitrogens with zero attached hydrogens (tertiary/aromatic N) is 1. The van der Waals surface area contributed by atoms with Gasteiger partial charge in [0.1, 0.15) is 0 Å². The van der Waals surface area contributed by atoms with Gasteiger partial charge in [-0.1, -0.05) is 30.3 Å². The molecule has 0 radical (unpaired) electrons. The second-order valence-corrected chi connectivity index (χ2v) is 5.11. The average molecular weight is 256 g/mol. The van der Waals surface area contributed by atoms with Crippen molar-refractivity contribution in [1.29, 1.82) is 0 Å². The molecule has 2 atom stereocenters. The third-order valence-electron chi connectivity index (χ3n) is 3.79. The molecule has 1 aliphatic carbocycles. The molecule has 1 aromatic heterocycles. The van der Waals surface area contributed by atoms with Crippen molar-refractivity contribution in [2.75, 3.05) is 0 Å². The van der Waals surface area contributed by atoms with Gasteiger partial charge in [0, 0.05) is 18.8 Å². The predicted octanol–water partition coefficient (Wildman–Crippen LogP) is 1.73. The number of benzene rings is 1. The van der Waals surface area contributed by atoms with E-state index in [-0.39, 0.29) is 11.2 Å². The fourth-order valence-electron chi connectivity index (χ4n) is 2.60. The van der Waals surface area contributed by atoms with E-state index in [0.29, 0.717) is 18.4 Å². The molecule has 1 heterocycles. The van der Waals surface area contributed by atoms with Crippen LogP contribution in [0.4, 0.5) is 0 Å². The van der Waals surface area contributed by atoms with E-state index in [1.807, 2.05) is 6.07 Å². The number of nitrogens with one attached hydrogen (secondary N) is 1. The fourth-order valence-corrected chi connectivity index (χ4v) is 2.60. The van der Waals surface area contributed by atoms with Crippen LogP contribution in [0.5, 0.6) is 0 Å². The van der Waals surface area contributed by atoms with Crippen LogP contribution in [0.15, 0.2) is 52.2 Å². The first kappa shape index (κ1) is 12.0. The zero-order valence-electron chi connectivity index (χ0n) is 10.6. The Labute approximate surface area is 110 Å². The highest BCUT2D eigenvalue weighted by Gasteiger charge is 2.37. The van der Waals surface area contributed by atoms with Gasteiger partial charge in [-0.2, -0.15) is 0 Å². The highest BCUT2D eigenvalue weighted by atomic mass is 16.2. The van der Waals surface area contributed by atoms with Gasteiger partial charge in [-0.15, -0.1) is 0 Å². The van der Waals surface area contributed by atoms with E-state index in [9.17, 15) is 9.59 Å². The predicted molar refractivity (Wildman–Crippen MR) is 73.2 cm³/mol. The first-order valence-electron chi connectivity index (χ1n) is 6.59. The Morgan fingerprint density at radius 3 is 2.68 bits per heavy atom. The van der Waals surface area contributed by atoms with E-state index in [4.69, 9.17) is 0 Å². The van der Waals surface area contributed by atoms with Crippen molar-refractivity contribution in [3.8, 4) is 0 Å². The summed E-state index contributed by atoms with van der Waals surface area (Å²) < 4.78 is 1.57. The molecule has 1 fully saturated rings. The van der Waals surface area contributed by atoms with E-state index in [1.165, 1.54) is 18.1 Å². The van der Waals surface area contributed by atoms with Crippen molar-refractivity contribution in [1.82, 2.24) is 9.55 Å². The highest BCUT2D eigenvalue weighted by molar-refractivity contribution is 5.25. The van der Waals surface area contributed by atoms with Gasteiger partial charge in [0.05, 0.1) is 0 Å². The number of hydrogen-bond donors (Lipinski definition) is 1. The number of aromatic amines is 1. The fraction of sp³-hybridized carbons (Fsp3) is 0.333. The minimum Gasteiger partial charge on any atom is -0.301 e. The van der Waals surface area contributed by atoms with Gasteiger partial charge in [-0.25, -0.2) is 4.79 Å². The lowest BCUT2D eigenvalue weighted by Crippen LogP contribution is -2.28. The first-order chi connectivity index (χ1) is 9.24. The van der Waals surface area contributed by atoms with Crippen molar-refractivity contribution in [2.24, 2.45) is 5.92 Å². The van der Waals surface area contributed by atoms with Crippen LogP contribution in [-0.4, -0.2) is 9.55 Å². The Hall–Kier alpha value is -2.10. The maximum Gasteiger partial charge on any atom is 0.328 e. The summed E-state index contributed by atoms with van der Waals surface area (Å²) in [7, 11) is 0. The maximum atomic E-state index is 11.5. The lowest BCUT2D eigenvalue weighted by molar-refractivity contribution is 0.561. The minimum atomic E-state index is -0.338. The summed E-state index contributed by atoms with van der Waals surface area (Å²) in [6.45, 7) is 0.670. The summed E-state index contributed by atoms with van der Waals surface area (Å²) in [5.41, 5.74) is 0.737. The summed E-state index contributed by atoms with van der Waals surface area (Å²) in [6, 6.07) is 11.9. The van der Waals surface area contributed by atoms with Crippen molar-refractivity contribution < 1.29 is 0 Å². The lowest BCUT2D eigenvalue weighted by Gasteiger charge is -2.04. The summed E-state index contributed by atoms with van der Waals surface area (Å²) in [5.74, 6) is 1.29. The molecule has 0 saturated heterocycles. The van der Waals surface area contributed by atoms with Gasteiger partial charge in [-0.3, -0.25) is 9.78 Å². The summed E-state index contributed by atoms with van der Waals surface area (Å²) in [4.78, 5) is 24.8.